The Morgan fingerprint density at radius 3 is 1.85 bits per heavy atom. The molecule has 0 amide bonds. The van der Waals surface area contributed by atoms with Gasteiger partial charge in [-0.15, -0.1) is 0 Å². The van der Waals surface area contributed by atoms with Gasteiger partial charge in [0.2, 0.25) is 0 Å². The van der Waals surface area contributed by atoms with Crippen LogP contribution < -0.4 is 0 Å². The predicted octanol–water partition coefficient (Wildman–Crippen LogP) is 4.64. The number of unbranched alkanes of at least 4 members (excludes halogenated alkanes) is 2. The second-order valence-electron chi connectivity index (χ2n) is 3.66. The van der Waals surface area contributed by atoms with E-state index in [2.05, 4.69) is 39.7 Å². The molecule has 0 atom stereocenters. The number of nitrogens with zero attached hydrogens (tertiary/aromatic N) is 1. The molecule has 0 heterocycles. The van der Waals surface area contributed by atoms with E-state index in [9.17, 15) is 4.79 Å². The van der Waals surface area contributed by atoms with E-state index in [0.29, 0.717) is 6.61 Å². The summed E-state index contributed by atoms with van der Waals surface area (Å²) < 4.78 is 4.86. The number of allylic oxidation sites excluding steroid dienone is 1. The van der Waals surface area contributed by atoms with Crippen molar-refractivity contribution in [3.05, 3.63) is 18.2 Å². The monoisotopic (exact) mass is 491 g/mol. The molecule has 0 bridgehead atoms. The molecule has 0 spiro atoms. The molecule has 0 aliphatic heterocycles. The van der Waals surface area contributed by atoms with Gasteiger partial charge in [-0.3, -0.25) is 4.79 Å². The van der Waals surface area contributed by atoms with Gasteiger partial charge in [-0.05, 0) is 6.92 Å². The Morgan fingerprint density at radius 1 is 1.15 bits per heavy atom. The number of halogens is 1. The van der Waals surface area contributed by atoms with Gasteiger partial charge in [0.15, 0.2) is 0 Å². The van der Waals surface area contributed by atoms with Crippen molar-refractivity contribution in [1.29, 1.82) is 5.26 Å². The standard InChI is InChI=1S/C13H23O2.CN.Cu.HI.Zn/c1-4-7-9-12(10-8-5-2)11-13(14)15-6-3;1-2;;;/h4-10H2,1-3H3;;;1H;/q2*-1;+1;;+2/p-1. The summed E-state index contributed by atoms with van der Waals surface area (Å²) in [6.07, 6.45) is 9.37. The van der Waals surface area contributed by atoms with Crippen molar-refractivity contribution < 1.29 is 41.4 Å². The molecule has 0 N–H and O–H groups in total. The Balaban J connectivity index is -0.000000233. The predicted molar refractivity (Wildman–Crippen MR) is 81.4 cm³/mol. The van der Waals surface area contributed by atoms with Gasteiger partial charge < -0.3 is 22.6 Å². The van der Waals surface area contributed by atoms with Crippen molar-refractivity contribution in [2.45, 2.75) is 59.3 Å². The number of carbonyl (C=O) groups excluding carboxylic acids is 1. The van der Waals surface area contributed by atoms with Crippen molar-refractivity contribution in [1.82, 2.24) is 0 Å². The zero-order valence-electron chi connectivity index (χ0n) is 12.6. The molecule has 0 saturated heterocycles. The van der Waals surface area contributed by atoms with E-state index in [1.807, 2.05) is 6.92 Å². The molecule has 116 valence electrons. The topological polar surface area (TPSA) is 50.1 Å². The maximum absolute atomic E-state index is 11.2. The van der Waals surface area contributed by atoms with Gasteiger partial charge in [-0.25, -0.2) is 5.57 Å². The van der Waals surface area contributed by atoms with E-state index in [4.69, 9.17) is 16.6 Å². The molecule has 0 aliphatic rings. The number of hydrogen-bond donors (Lipinski definition) is 0. The molecule has 0 unspecified atom stereocenters. The first-order valence-corrected chi connectivity index (χ1v) is 15.6. The van der Waals surface area contributed by atoms with Crippen LogP contribution in [0, 0.1) is 17.9 Å². The third-order valence-electron chi connectivity index (χ3n) is 2.22. The summed E-state index contributed by atoms with van der Waals surface area (Å²) in [5.74, 6) is -0.306. The van der Waals surface area contributed by atoms with E-state index in [1.165, 1.54) is 14.8 Å². The summed E-state index contributed by atoms with van der Waals surface area (Å²) in [6.45, 7) is 11.3. The average Bonchev–Trinajstić information content (AvgIpc) is 2.46. The molecule has 0 aromatic rings. The molecule has 3 nitrogen and oxygen atoms in total. The Labute approximate surface area is 155 Å². The van der Waals surface area contributed by atoms with E-state index < -0.39 is 0 Å². The second kappa shape index (κ2) is 27.8. The molecule has 6 heteroatoms. The van der Waals surface area contributed by atoms with Gasteiger partial charge in [-0.1, -0.05) is 52.4 Å². The molecule has 0 aromatic heterocycles. The van der Waals surface area contributed by atoms with Crippen molar-refractivity contribution in [2.24, 2.45) is 0 Å². The van der Waals surface area contributed by atoms with Crippen LogP contribution in [0.3, 0.4) is 0 Å². The summed E-state index contributed by atoms with van der Waals surface area (Å²) in [5.41, 5.74) is 1.12. The molecule has 0 fully saturated rings. The van der Waals surface area contributed by atoms with Crippen molar-refractivity contribution in [3.8, 4) is 0 Å². The first-order valence-electron chi connectivity index (χ1n) is 6.52. The molecule has 20 heavy (non-hydrogen) atoms. The van der Waals surface area contributed by atoms with Crippen LogP contribution in [0.1, 0.15) is 59.3 Å². The van der Waals surface area contributed by atoms with Crippen LogP contribution in [0.5, 0.6) is 0 Å². The number of esters is 1. The molecule has 0 aliphatic carbocycles. The Kier molecular flexibility index (Phi) is 39.9. The molecular weight excluding hydrogens is 470 g/mol. The zero-order chi connectivity index (χ0) is 15.5. The van der Waals surface area contributed by atoms with Gasteiger partial charge in [0.05, 0.1) is 6.61 Å². The number of carbonyl (C=O) groups is 1. The average molecular weight is 493 g/mol. The van der Waals surface area contributed by atoms with Crippen LogP contribution in [0.15, 0.2) is 5.57 Å². The van der Waals surface area contributed by atoms with Crippen molar-refractivity contribution in [2.75, 3.05) is 6.61 Å². The maximum atomic E-state index is 11.2. The second-order valence-corrected chi connectivity index (χ2v) is 3.66. The summed E-state index contributed by atoms with van der Waals surface area (Å²) in [5, 5.41) is 6.25. The van der Waals surface area contributed by atoms with Crippen LogP contribution in [0.4, 0.5) is 0 Å². The zero-order valence-corrected chi connectivity index (χ0v) is 18.7. The van der Waals surface area contributed by atoms with Crippen LogP contribution >= 0.6 is 19.8 Å². The minimum absolute atomic E-state index is 0. The molecule has 0 aromatic carbocycles. The van der Waals surface area contributed by atoms with E-state index in [-0.39, 0.29) is 23.0 Å². The van der Waals surface area contributed by atoms with E-state index in [1.54, 1.807) is 0 Å². The third kappa shape index (κ3) is 23.6. The van der Waals surface area contributed by atoms with Crippen LogP contribution in [0.25, 0.3) is 0 Å². The SMILES string of the molecule is CCCCC(=[C-]C(=O)OCC)CCCC.[C-]#N.[Cu+].[Zn+][I]. The number of hydrogen-bond acceptors (Lipinski definition) is 3. The fraction of sp³-hybridized carbons (Fsp3) is 0.714. The summed E-state index contributed by atoms with van der Waals surface area (Å²) in [6, 6.07) is 0. The number of rotatable bonds is 8. The van der Waals surface area contributed by atoms with Crippen LogP contribution in [-0.4, -0.2) is 12.6 Å². The van der Waals surface area contributed by atoms with Crippen molar-refractivity contribution >= 4 is 25.7 Å². The van der Waals surface area contributed by atoms with Crippen LogP contribution in [0.2, 0.25) is 0 Å². The van der Waals surface area contributed by atoms with E-state index >= 15 is 0 Å². The number of ether oxygens (including phenoxy) is 1. The molecule has 0 saturated carbocycles. The molecular formula is C14H23CuINO2Zn. The molecule has 0 rings (SSSR count). The summed E-state index contributed by atoms with van der Waals surface area (Å²) >= 11 is 3.62. The third-order valence-corrected chi connectivity index (χ3v) is 2.22. The first-order chi connectivity index (χ1) is 9.24. The van der Waals surface area contributed by atoms with Gasteiger partial charge in [0.25, 0.3) is 0 Å². The van der Waals surface area contributed by atoms with Crippen LogP contribution in [-0.2, 0) is 41.4 Å². The fourth-order valence-corrected chi connectivity index (χ4v) is 1.34. The summed E-state index contributed by atoms with van der Waals surface area (Å²) in [4.78, 5) is 11.2. The first kappa shape index (κ1) is 28.7. The van der Waals surface area contributed by atoms with Crippen molar-refractivity contribution in [3.63, 3.8) is 0 Å². The van der Waals surface area contributed by atoms with Gasteiger partial charge >= 0.3 is 51.6 Å². The summed E-state index contributed by atoms with van der Waals surface area (Å²) in [7, 11) is 0. The Hall–Kier alpha value is 0.573. The quantitative estimate of drug-likeness (QED) is 0.163. The fourth-order valence-electron chi connectivity index (χ4n) is 1.34. The molecule has 0 radical (unpaired) electrons. The Bertz CT molecular complexity index is 239. The minimum atomic E-state index is -0.306. The van der Waals surface area contributed by atoms with Gasteiger partial charge in [0, 0.05) is 0 Å². The van der Waals surface area contributed by atoms with Gasteiger partial charge in [-0.2, -0.15) is 0 Å². The van der Waals surface area contributed by atoms with Gasteiger partial charge in [0.1, 0.15) is 5.97 Å². The Morgan fingerprint density at radius 2 is 1.55 bits per heavy atom. The van der Waals surface area contributed by atoms with E-state index in [0.717, 1.165) is 44.1 Å². The normalized spacial score (nSPS) is 7.80.